The number of aromatic amines is 1. The van der Waals surface area contributed by atoms with Gasteiger partial charge in [0.15, 0.2) is 0 Å². The van der Waals surface area contributed by atoms with Crippen molar-refractivity contribution in [3.63, 3.8) is 0 Å². The molecule has 0 spiro atoms. The first-order valence-electron chi connectivity index (χ1n) is 8.55. The van der Waals surface area contributed by atoms with Crippen LogP contribution in [0.15, 0.2) is 30.7 Å². The SMILES string of the molecule is O=C(c1cn[nH]c1C1CCCCC1)N1CC(c2cccnc2)C1. The van der Waals surface area contributed by atoms with E-state index in [2.05, 4.69) is 21.2 Å². The van der Waals surface area contributed by atoms with E-state index in [1.165, 1.54) is 37.7 Å². The van der Waals surface area contributed by atoms with E-state index in [0.29, 0.717) is 11.8 Å². The Morgan fingerprint density at radius 2 is 1.96 bits per heavy atom. The van der Waals surface area contributed by atoms with Crippen molar-refractivity contribution < 1.29 is 4.79 Å². The second-order valence-corrected chi connectivity index (χ2v) is 6.73. The predicted octanol–water partition coefficient (Wildman–Crippen LogP) is 3.09. The molecule has 2 aromatic heterocycles. The highest BCUT2D eigenvalue weighted by Crippen LogP contribution is 2.35. The minimum atomic E-state index is 0.125. The molecule has 5 heteroatoms. The predicted molar refractivity (Wildman–Crippen MR) is 87.3 cm³/mol. The lowest BCUT2D eigenvalue weighted by molar-refractivity contribution is 0.0600. The molecule has 4 rings (SSSR count). The summed E-state index contributed by atoms with van der Waals surface area (Å²) in [6.45, 7) is 1.56. The number of H-pyrrole nitrogens is 1. The molecule has 2 aromatic rings. The monoisotopic (exact) mass is 310 g/mol. The van der Waals surface area contributed by atoms with Crippen LogP contribution in [-0.2, 0) is 0 Å². The lowest BCUT2D eigenvalue weighted by atomic mass is 9.85. The molecule has 1 N–H and O–H groups in total. The molecule has 0 aromatic carbocycles. The van der Waals surface area contributed by atoms with Crippen LogP contribution < -0.4 is 0 Å². The van der Waals surface area contributed by atoms with Gasteiger partial charge in [-0.2, -0.15) is 5.10 Å². The third-order valence-corrected chi connectivity index (χ3v) is 5.24. The van der Waals surface area contributed by atoms with Crippen molar-refractivity contribution in [2.75, 3.05) is 13.1 Å². The van der Waals surface area contributed by atoms with Crippen LogP contribution in [0.5, 0.6) is 0 Å². The molecule has 1 amide bonds. The van der Waals surface area contributed by atoms with Gasteiger partial charge in [-0.1, -0.05) is 25.3 Å². The standard InChI is InChI=1S/C18H22N4O/c23-18(22-11-15(12-22)14-7-4-8-19-9-14)16-10-20-21-17(16)13-5-2-1-3-6-13/h4,7-10,13,15H,1-3,5-6,11-12H2,(H,20,21). The summed E-state index contributed by atoms with van der Waals surface area (Å²) < 4.78 is 0. The number of likely N-dealkylation sites (tertiary alicyclic amines) is 1. The van der Waals surface area contributed by atoms with Gasteiger partial charge < -0.3 is 4.90 Å². The van der Waals surface area contributed by atoms with Crippen molar-refractivity contribution in [2.45, 2.75) is 43.9 Å². The number of carbonyl (C=O) groups is 1. The quantitative estimate of drug-likeness (QED) is 0.947. The molecule has 1 saturated carbocycles. The van der Waals surface area contributed by atoms with Crippen molar-refractivity contribution in [3.05, 3.63) is 47.5 Å². The summed E-state index contributed by atoms with van der Waals surface area (Å²) in [6, 6.07) is 4.04. The number of amides is 1. The van der Waals surface area contributed by atoms with Gasteiger partial charge in [-0.25, -0.2) is 0 Å². The smallest absolute Gasteiger partial charge is 0.257 e. The first-order chi connectivity index (χ1) is 11.3. The van der Waals surface area contributed by atoms with E-state index in [4.69, 9.17) is 0 Å². The highest BCUT2D eigenvalue weighted by molar-refractivity contribution is 5.96. The van der Waals surface area contributed by atoms with Crippen LogP contribution >= 0.6 is 0 Å². The summed E-state index contributed by atoms with van der Waals surface area (Å²) in [5.41, 5.74) is 3.05. The third-order valence-electron chi connectivity index (χ3n) is 5.24. The molecule has 0 unspecified atom stereocenters. The van der Waals surface area contributed by atoms with Crippen LogP contribution in [0.25, 0.3) is 0 Å². The van der Waals surface area contributed by atoms with Crippen molar-refractivity contribution in [1.82, 2.24) is 20.1 Å². The van der Waals surface area contributed by atoms with Gasteiger partial charge in [0.25, 0.3) is 5.91 Å². The van der Waals surface area contributed by atoms with Gasteiger partial charge in [0.05, 0.1) is 17.5 Å². The molecule has 2 fully saturated rings. The first kappa shape index (κ1) is 14.4. The van der Waals surface area contributed by atoms with Gasteiger partial charge in [0.1, 0.15) is 0 Å². The molecule has 3 heterocycles. The molecule has 0 bridgehead atoms. The van der Waals surface area contributed by atoms with Crippen LogP contribution in [0.3, 0.4) is 0 Å². The summed E-state index contributed by atoms with van der Waals surface area (Å²) in [5, 5.41) is 7.25. The summed E-state index contributed by atoms with van der Waals surface area (Å²) in [7, 11) is 0. The largest absolute Gasteiger partial charge is 0.337 e. The molecule has 23 heavy (non-hydrogen) atoms. The number of hydrogen-bond acceptors (Lipinski definition) is 3. The van der Waals surface area contributed by atoms with E-state index in [-0.39, 0.29) is 5.91 Å². The molecular formula is C18H22N4O. The Morgan fingerprint density at radius 1 is 1.13 bits per heavy atom. The summed E-state index contributed by atoms with van der Waals surface area (Å²) in [6.07, 6.45) is 11.6. The van der Waals surface area contributed by atoms with Crippen molar-refractivity contribution in [2.24, 2.45) is 0 Å². The number of aromatic nitrogens is 3. The number of carbonyl (C=O) groups excluding carboxylic acids is 1. The van der Waals surface area contributed by atoms with Gasteiger partial charge in [0, 0.05) is 37.3 Å². The van der Waals surface area contributed by atoms with Crippen LogP contribution in [-0.4, -0.2) is 39.1 Å². The fraction of sp³-hybridized carbons (Fsp3) is 0.500. The molecule has 120 valence electrons. The molecular weight excluding hydrogens is 288 g/mol. The molecule has 0 radical (unpaired) electrons. The summed E-state index contributed by atoms with van der Waals surface area (Å²) in [4.78, 5) is 18.9. The van der Waals surface area contributed by atoms with Crippen molar-refractivity contribution >= 4 is 5.91 Å². The maximum absolute atomic E-state index is 12.8. The number of nitrogens with zero attached hydrogens (tertiary/aromatic N) is 3. The van der Waals surface area contributed by atoms with Gasteiger partial charge in [-0.15, -0.1) is 0 Å². The normalized spacial score (nSPS) is 19.6. The van der Waals surface area contributed by atoms with Gasteiger partial charge in [0.2, 0.25) is 0 Å². The third kappa shape index (κ3) is 2.76. The minimum absolute atomic E-state index is 0.125. The number of pyridine rings is 1. The second kappa shape index (κ2) is 6.14. The van der Waals surface area contributed by atoms with E-state index in [0.717, 1.165) is 24.3 Å². The lowest BCUT2D eigenvalue weighted by Gasteiger charge is -2.39. The van der Waals surface area contributed by atoms with Gasteiger partial charge in [-0.3, -0.25) is 14.9 Å². The van der Waals surface area contributed by atoms with E-state index >= 15 is 0 Å². The Kier molecular flexibility index (Phi) is 3.85. The van der Waals surface area contributed by atoms with Crippen LogP contribution in [0, 0.1) is 0 Å². The van der Waals surface area contributed by atoms with E-state index in [1.54, 1.807) is 12.4 Å². The zero-order valence-corrected chi connectivity index (χ0v) is 13.2. The summed E-state index contributed by atoms with van der Waals surface area (Å²) >= 11 is 0. The average molecular weight is 310 g/mol. The number of rotatable bonds is 3. The molecule has 1 aliphatic carbocycles. The Hall–Kier alpha value is -2.17. The fourth-order valence-electron chi connectivity index (χ4n) is 3.81. The average Bonchev–Trinajstić information content (AvgIpc) is 3.05. The minimum Gasteiger partial charge on any atom is -0.337 e. The number of nitrogens with one attached hydrogen (secondary N) is 1. The topological polar surface area (TPSA) is 61.9 Å². The highest BCUT2D eigenvalue weighted by Gasteiger charge is 2.34. The van der Waals surface area contributed by atoms with E-state index in [1.807, 2.05) is 17.2 Å². The maximum Gasteiger partial charge on any atom is 0.257 e. The second-order valence-electron chi connectivity index (χ2n) is 6.73. The zero-order valence-electron chi connectivity index (χ0n) is 13.2. The first-order valence-corrected chi connectivity index (χ1v) is 8.55. The van der Waals surface area contributed by atoms with Gasteiger partial charge >= 0.3 is 0 Å². The molecule has 1 saturated heterocycles. The van der Waals surface area contributed by atoms with E-state index in [9.17, 15) is 4.79 Å². The molecule has 0 atom stereocenters. The van der Waals surface area contributed by atoms with Crippen LogP contribution in [0.2, 0.25) is 0 Å². The summed E-state index contributed by atoms with van der Waals surface area (Å²) in [5.74, 6) is 1.01. The molecule has 2 aliphatic rings. The van der Waals surface area contributed by atoms with Gasteiger partial charge in [-0.05, 0) is 24.5 Å². The Morgan fingerprint density at radius 3 is 2.70 bits per heavy atom. The highest BCUT2D eigenvalue weighted by atomic mass is 16.2. The van der Waals surface area contributed by atoms with Crippen molar-refractivity contribution in [3.8, 4) is 0 Å². The van der Waals surface area contributed by atoms with Crippen LogP contribution in [0.1, 0.15) is 65.6 Å². The lowest BCUT2D eigenvalue weighted by Crippen LogP contribution is -2.48. The fourth-order valence-corrected chi connectivity index (χ4v) is 3.81. The number of hydrogen-bond donors (Lipinski definition) is 1. The van der Waals surface area contributed by atoms with Crippen molar-refractivity contribution in [1.29, 1.82) is 0 Å². The maximum atomic E-state index is 12.8. The Labute approximate surface area is 136 Å². The molecule has 5 nitrogen and oxygen atoms in total. The Bertz CT molecular complexity index is 669. The zero-order chi connectivity index (χ0) is 15.6. The molecule has 1 aliphatic heterocycles. The van der Waals surface area contributed by atoms with E-state index < -0.39 is 0 Å². The Balaban J connectivity index is 1.44. The van der Waals surface area contributed by atoms with Crippen LogP contribution in [0.4, 0.5) is 0 Å².